The van der Waals surface area contributed by atoms with Gasteiger partial charge >= 0.3 is 0 Å². The smallest absolute Gasteiger partial charge is 0.224 e. The van der Waals surface area contributed by atoms with Crippen molar-refractivity contribution in [1.82, 2.24) is 14.9 Å². The molecule has 0 aliphatic heterocycles. The van der Waals surface area contributed by atoms with Gasteiger partial charge in [-0.25, -0.2) is 4.98 Å². The number of aryl methyl sites for hydroxylation is 1. The quantitative estimate of drug-likeness (QED) is 0.931. The first-order valence-corrected chi connectivity index (χ1v) is 9.07. The number of rotatable bonds is 4. The summed E-state index contributed by atoms with van der Waals surface area (Å²) in [4.78, 5) is 19.1. The number of amides is 1. The van der Waals surface area contributed by atoms with Gasteiger partial charge in [0.15, 0.2) is 0 Å². The molecule has 1 spiro atoms. The van der Waals surface area contributed by atoms with E-state index in [2.05, 4.69) is 34.6 Å². The molecule has 5 heteroatoms. The van der Waals surface area contributed by atoms with Crippen molar-refractivity contribution in [2.75, 3.05) is 19.0 Å². The Kier molecular flexibility index (Phi) is 3.82. The molecule has 1 N–H and O–H groups in total. The summed E-state index contributed by atoms with van der Waals surface area (Å²) in [5.41, 5.74) is 3.97. The van der Waals surface area contributed by atoms with Crippen molar-refractivity contribution in [1.29, 1.82) is 0 Å². The molecule has 0 saturated heterocycles. The van der Waals surface area contributed by atoms with E-state index in [4.69, 9.17) is 0 Å². The highest BCUT2D eigenvalue weighted by molar-refractivity contribution is 5.84. The van der Waals surface area contributed by atoms with Crippen molar-refractivity contribution in [2.24, 2.45) is 13.0 Å². The Morgan fingerprint density at radius 2 is 2.20 bits per heavy atom. The van der Waals surface area contributed by atoms with Crippen molar-refractivity contribution in [3.63, 3.8) is 0 Å². The van der Waals surface area contributed by atoms with Gasteiger partial charge in [0.25, 0.3) is 0 Å². The Morgan fingerprint density at radius 3 is 2.96 bits per heavy atom. The van der Waals surface area contributed by atoms with Crippen molar-refractivity contribution < 1.29 is 4.79 Å². The highest BCUT2D eigenvalue weighted by atomic mass is 16.2. The molecule has 1 fully saturated rings. The normalized spacial score (nSPS) is 24.0. The van der Waals surface area contributed by atoms with Crippen LogP contribution in [0.15, 0.2) is 30.5 Å². The van der Waals surface area contributed by atoms with Gasteiger partial charge in [-0.2, -0.15) is 0 Å². The molecule has 2 aliphatic carbocycles. The predicted octanol–water partition coefficient (Wildman–Crippen LogP) is 2.40. The number of benzene rings is 1. The van der Waals surface area contributed by atoms with Gasteiger partial charge in [-0.15, -0.1) is 0 Å². The SMILES string of the molecule is CN(C)c1ncc(CNC(=O)[C@H]2C[C@@]23CCCc2ccccc23)n1C. The fourth-order valence-corrected chi connectivity index (χ4v) is 4.49. The van der Waals surface area contributed by atoms with E-state index in [0.717, 1.165) is 30.9 Å². The minimum absolute atomic E-state index is 0.0974. The van der Waals surface area contributed by atoms with Gasteiger partial charge in [0, 0.05) is 32.5 Å². The largest absolute Gasteiger partial charge is 0.350 e. The monoisotopic (exact) mass is 338 g/mol. The topological polar surface area (TPSA) is 50.2 Å². The molecule has 2 aliphatic rings. The zero-order valence-corrected chi connectivity index (χ0v) is 15.2. The predicted molar refractivity (Wildman–Crippen MR) is 98.5 cm³/mol. The fraction of sp³-hybridized carbons (Fsp3) is 0.500. The number of hydrogen-bond donors (Lipinski definition) is 1. The molecule has 0 unspecified atom stereocenters. The molecule has 1 amide bonds. The van der Waals surface area contributed by atoms with E-state index < -0.39 is 0 Å². The maximum Gasteiger partial charge on any atom is 0.224 e. The molecular formula is C20H26N4O. The van der Waals surface area contributed by atoms with Gasteiger partial charge in [0.2, 0.25) is 11.9 Å². The van der Waals surface area contributed by atoms with Crippen LogP contribution in [-0.2, 0) is 30.2 Å². The van der Waals surface area contributed by atoms with Gasteiger partial charge in [0.1, 0.15) is 0 Å². The fourth-order valence-electron chi connectivity index (χ4n) is 4.49. The van der Waals surface area contributed by atoms with Crippen molar-refractivity contribution >= 4 is 11.9 Å². The first kappa shape index (κ1) is 16.2. The lowest BCUT2D eigenvalue weighted by Crippen LogP contribution is -2.30. The van der Waals surface area contributed by atoms with Crippen LogP contribution in [0.5, 0.6) is 0 Å². The molecule has 1 aromatic carbocycles. The lowest BCUT2D eigenvalue weighted by molar-refractivity contribution is -0.123. The molecule has 5 nitrogen and oxygen atoms in total. The summed E-state index contributed by atoms with van der Waals surface area (Å²) in [5.74, 6) is 1.20. The van der Waals surface area contributed by atoms with Crippen LogP contribution in [0.1, 0.15) is 36.1 Å². The summed E-state index contributed by atoms with van der Waals surface area (Å²) in [5, 5.41) is 3.14. The van der Waals surface area contributed by atoms with Crippen LogP contribution >= 0.6 is 0 Å². The number of nitrogens with one attached hydrogen (secondary N) is 1. The van der Waals surface area contributed by atoms with Crippen LogP contribution < -0.4 is 10.2 Å². The van der Waals surface area contributed by atoms with E-state index in [0.29, 0.717) is 6.54 Å². The zero-order valence-electron chi connectivity index (χ0n) is 15.2. The maximum absolute atomic E-state index is 12.8. The number of imidazole rings is 1. The Balaban J connectivity index is 1.44. The molecule has 1 aromatic heterocycles. The van der Waals surface area contributed by atoms with Crippen LogP contribution in [0.3, 0.4) is 0 Å². The van der Waals surface area contributed by atoms with Gasteiger partial charge < -0.3 is 14.8 Å². The summed E-state index contributed by atoms with van der Waals surface area (Å²) in [6.45, 7) is 0.532. The molecular weight excluding hydrogens is 312 g/mol. The summed E-state index contributed by atoms with van der Waals surface area (Å²) in [7, 11) is 5.93. The number of fused-ring (bicyclic) bond motifs is 2. The van der Waals surface area contributed by atoms with Crippen LogP contribution in [0.25, 0.3) is 0 Å². The Bertz CT molecular complexity index is 810. The van der Waals surface area contributed by atoms with Crippen molar-refractivity contribution in [3.05, 3.63) is 47.3 Å². The van der Waals surface area contributed by atoms with Crippen molar-refractivity contribution in [3.8, 4) is 0 Å². The van der Waals surface area contributed by atoms with Gasteiger partial charge in [-0.3, -0.25) is 4.79 Å². The molecule has 132 valence electrons. The van der Waals surface area contributed by atoms with Crippen LogP contribution in [-0.4, -0.2) is 29.6 Å². The lowest BCUT2D eigenvalue weighted by atomic mass is 9.78. The Labute approximate surface area is 149 Å². The van der Waals surface area contributed by atoms with E-state index in [1.165, 1.54) is 17.5 Å². The molecule has 25 heavy (non-hydrogen) atoms. The van der Waals surface area contributed by atoms with Crippen LogP contribution in [0.4, 0.5) is 5.95 Å². The van der Waals surface area contributed by atoms with E-state index in [-0.39, 0.29) is 17.2 Å². The van der Waals surface area contributed by atoms with E-state index in [9.17, 15) is 4.79 Å². The third kappa shape index (κ3) is 2.62. The van der Waals surface area contributed by atoms with E-state index in [1.807, 2.05) is 36.8 Å². The van der Waals surface area contributed by atoms with Crippen molar-refractivity contribution in [2.45, 2.75) is 37.6 Å². The molecule has 1 saturated carbocycles. The second kappa shape index (κ2) is 5.90. The first-order chi connectivity index (χ1) is 12.0. The van der Waals surface area contributed by atoms with Crippen LogP contribution in [0.2, 0.25) is 0 Å². The summed E-state index contributed by atoms with van der Waals surface area (Å²) in [6, 6.07) is 8.67. The average molecular weight is 338 g/mol. The molecule has 1 heterocycles. The van der Waals surface area contributed by atoms with E-state index in [1.54, 1.807) is 0 Å². The molecule has 2 atom stereocenters. The number of aromatic nitrogens is 2. The van der Waals surface area contributed by atoms with Crippen LogP contribution in [0, 0.1) is 5.92 Å². The number of carbonyl (C=O) groups excluding carboxylic acids is 1. The minimum Gasteiger partial charge on any atom is -0.350 e. The zero-order chi connectivity index (χ0) is 17.6. The molecule has 0 bridgehead atoms. The molecule has 0 radical (unpaired) electrons. The second-order valence-corrected chi connectivity index (χ2v) is 7.64. The average Bonchev–Trinajstić information content (AvgIpc) is 3.19. The third-order valence-corrected chi connectivity index (χ3v) is 5.92. The Hall–Kier alpha value is -2.30. The maximum atomic E-state index is 12.8. The summed E-state index contributed by atoms with van der Waals surface area (Å²) < 4.78 is 2.03. The lowest BCUT2D eigenvalue weighted by Gasteiger charge is -2.26. The number of hydrogen-bond acceptors (Lipinski definition) is 3. The molecule has 4 rings (SSSR count). The third-order valence-electron chi connectivity index (χ3n) is 5.92. The highest BCUT2D eigenvalue weighted by Gasteiger charge is 2.59. The first-order valence-electron chi connectivity index (χ1n) is 9.07. The standard InChI is InChI=1S/C20H26N4O/c1-23(2)19-22-13-15(24(19)3)12-21-18(25)17-11-20(17)10-6-8-14-7-4-5-9-16(14)20/h4-5,7,9,13,17H,6,8,10-12H2,1-3H3,(H,21,25)/t17-,20-/m1/s1. The molecule has 2 aromatic rings. The Morgan fingerprint density at radius 1 is 1.40 bits per heavy atom. The summed E-state index contributed by atoms with van der Waals surface area (Å²) >= 11 is 0. The van der Waals surface area contributed by atoms with Gasteiger partial charge in [-0.05, 0) is 36.8 Å². The number of carbonyl (C=O) groups is 1. The van der Waals surface area contributed by atoms with Gasteiger partial charge in [-0.1, -0.05) is 24.3 Å². The van der Waals surface area contributed by atoms with Gasteiger partial charge in [0.05, 0.1) is 18.4 Å². The highest BCUT2D eigenvalue weighted by Crippen LogP contribution is 2.60. The summed E-state index contributed by atoms with van der Waals surface area (Å²) in [6.07, 6.45) is 6.31. The van der Waals surface area contributed by atoms with E-state index >= 15 is 0 Å². The number of anilines is 1. The second-order valence-electron chi connectivity index (χ2n) is 7.64. The number of nitrogens with zero attached hydrogens (tertiary/aromatic N) is 3. The minimum atomic E-state index is 0.0974.